The Morgan fingerprint density at radius 3 is 2.71 bits per heavy atom. The van der Waals surface area contributed by atoms with Crippen LogP contribution in [0, 0.1) is 5.92 Å². The number of rotatable bonds is 4. The van der Waals surface area contributed by atoms with Gasteiger partial charge in [0.2, 0.25) is 0 Å². The van der Waals surface area contributed by atoms with E-state index < -0.39 is 12.1 Å². The maximum atomic E-state index is 13.0. The second kappa shape index (κ2) is 9.13. The molecule has 1 amide bonds. The zero-order chi connectivity index (χ0) is 24.0. The lowest BCUT2D eigenvalue weighted by Gasteiger charge is -2.27. The Morgan fingerprint density at radius 1 is 1.12 bits per heavy atom. The van der Waals surface area contributed by atoms with Crippen molar-refractivity contribution in [2.24, 2.45) is 5.92 Å². The minimum absolute atomic E-state index is 0.0716. The summed E-state index contributed by atoms with van der Waals surface area (Å²) in [5, 5.41) is 8.04. The van der Waals surface area contributed by atoms with Crippen molar-refractivity contribution in [3.8, 4) is 11.5 Å². The van der Waals surface area contributed by atoms with Gasteiger partial charge in [0.05, 0.1) is 23.3 Å². The fraction of sp³-hybridized carbons (Fsp3) is 0.280. The van der Waals surface area contributed by atoms with E-state index in [9.17, 15) is 9.59 Å². The van der Waals surface area contributed by atoms with Gasteiger partial charge in [-0.25, -0.2) is 4.79 Å². The quantitative estimate of drug-likeness (QED) is 0.316. The number of ether oxygens (including phenoxy) is 2. The zero-order valence-electron chi connectivity index (χ0n) is 18.5. The van der Waals surface area contributed by atoms with E-state index in [1.54, 1.807) is 35.6 Å². The van der Waals surface area contributed by atoms with E-state index in [2.05, 4.69) is 17.6 Å². The number of benzene rings is 2. The Kier molecular flexibility index (Phi) is 6.18. The summed E-state index contributed by atoms with van der Waals surface area (Å²) in [6.45, 7) is 2.25. The van der Waals surface area contributed by atoms with E-state index in [-0.39, 0.29) is 22.2 Å². The number of carbonyl (C=O) groups is 2. The van der Waals surface area contributed by atoms with Crippen molar-refractivity contribution in [1.82, 2.24) is 5.32 Å². The van der Waals surface area contributed by atoms with Gasteiger partial charge in [0.25, 0.3) is 5.91 Å². The topological polar surface area (TPSA) is 76.7 Å². The third-order valence-electron chi connectivity index (χ3n) is 6.16. The monoisotopic (exact) mass is 516 g/mol. The minimum atomic E-state index is -0.625. The number of halogens is 2. The van der Waals surface area contributed by atoms with Crippen LogP contribution in [0.2, 0.25) is 10.0 Å². The number of amides is 1. The number of thiophene rings is 1. The molecular weight excluding hydrogens is 495 g/mol. The number of nitrogens with one attached hydrogen (secondary N) is 2. The molecule has 1 aliphatic heterocycles. The zero-order valence-corrected chi connectivity index (χ0v) is 20.9. The highest BCUT2D eigenvalue weighted by Crippen LogP contribution is 2.43. The van der Waals surface area contributed by atoms with Crippen LogP contribution >= 0.6 is 34.5 Å². The summed E-state index contributed by atoms with van der Waals surface area (Å²) >= 11 is 13.7. The van der Waals surface area contributed by atoms with Crippen LogP contribution in [-0.4, -0.2) is 19.0 Å². The van der Waals surface area contributed by atoms with Crippen LogP contribution in [0.3, 0.4) is 0 Å². The van der Waals surface area contributed by atoms with E-state index in [0.29, 0.717) is 16.7 Å². The van der Waals surface area contributed by atoms with Crippen LogP contribution in [0.4, 0.5) is 5.00 Å². The lowest BCUT2D eigenvalue weighted by molar-refractivity contribution is 0.0729. The van der Waals surface area contributed by atoms with Crippen LogP contribution in [-0.2, 0) is 12.8 Å². The lowest BCUT2D eigenvalue weighted by Crippen LogP contribution is -2.38. The Bertz CT molecular complexity index is 1310. The molecule has 2 N–H and O–H groups in total. The second-order valence-electron chi connectivity index (χ2n) is 8.53. The molecule has 34 heavy (non-hydrogen) atoms. The molecular formula is C25H22Cl2N2O4S. The summed E-state index contributed by atoms with van der Waals surface area (Å²) in [4.78, 5) is 26.9. The first-order chi connectivity index (χ1) is 16.3. The average Bonchev–Trinajstić information content (AvgIpc) is 3.17. The first-order valence-electron chi connectivity index (χ1n) is 10.9. The predicted molar refractivity (Wildman–Crippen MR) is 134 cm³/mol. The maximum Gasteiger partial charge on any atom is 0.345 e. The van der Waals surface area contributed by atoms with Gasteiger partial charge in [-0.3, -0.25) is 4.79 Å². The average molecular weight is 517 g/mol. The van der Waals surface area contributed by atoms with Crippen LogP contribution < -0.4 is 20.1 Å². The van der Waals surface area contributed by atoms with E-state index in [0.717, 1.165) is 35.4 Å². The van der Waals surface area contributed by atoms with Gasteiger partial charge in [-0.15, -0.1) is 11.3 Å². The lowest BCUT2D eigenvalue weighted by atomic mass is 9.88. The fourth-order valence-corrected chi connectivity index (χ4v) is 6.31. The van der Waals surface area contributed by atoms with Crippen molar-refractivity contribution in [3.63, 3.8) is 0 Å². The number of hydrogen-bond acceptors (Lipinski definition) is 6. The number of hydrogen-bond donors (Lipinski definition) is 2. The Hall–Kier alpha value is -2.74. The molecule has 5 rings (SSSR count). The van der Waals surface area contributed by atoms with Gasteiger partial charge < -0.3 is 20.1 Å². The molecule has 2 aliphatic rings. The van der Waals surface area contributed by atoms with Crippen LogP contribution in [0.25, 0.3) is 0 Å². The molecule has 1 aromatic heterocycles. The third kappa shape index (κ3) is 4.24. The minimum Gasteiger partial charge on any atom is -0.493 e. The second-order valence-corrected chi connectivity index (χ2v) is 10.5. The van der Waals surface area contributed by atoms with Gasteiger partial charge in [-0.2, -0.15) is 0 Å². The van der Waals surface area contributed by atoms with Gasteiger partial charge >= 0.3 is 5.97 Å². The van der Waals surface area contributed by atoms with Crippen molar-refractivity contribution in [2.75, 3.05) is 12.4 Å². The summed E-state index contributed by atoms with van der Waals surface area (Å²) in [6.07, 6.45) is 2.62. The molecule has 0 spiro atoms. The molecule has 0 bridgehead atoms. The van der Waals surface area contributed by atoms with Crippen molar-refractivity contribution < 1.29 is 19.1 Å². The van der Waals surface area contributed by atoms with Crippen LogP contribution in [0.5, 0.6) is 11.5 Å². The van der Waals surface area contributed by atoms with Crippen LogP contribution in [0.1, 0.15) is 56.2 Å². The number of fused-ring (bicyclic) bond motifs is 3. The number of esters is 1. The Labute approximate surface area is 211 Å². The molecule has 0 saturated heterocycles. The van der Waals surface area contributed by atoms with Gasteiger partial charge in [0.15, 0.2) is 11.5 Å². The standard InChI is InChI=1S/C25H22Cl2N2O4S/c1-12-3-6-16-20(9-12)34-24-21(16)23(30)28-22(29-24)13-4-8-18(19(10-13)32-2)33-25(31)15-7-5-14(26)11-17(15)27/h4-5,7-8,10-12,22,29H,3,6,9H2,1-2H3,(H,28,30)/t12-,22+/m0/s1. The van der Waals surface area contributed by atoms with E-state index >= 15 is 0 Å². The predicted octanol–water partition coefficient (Wildman–Crippen LogP) is 6.26. The first kappa shape index (κ1) is 23.0. The first-order valence-corrected chi connectivity index (χ1v) is 12.5. The molecule has 3 aromatic rings. The van der Waals surface area contributed by atoms with E-state index in [4.69, 9.17) is 32.7 Å². The molecule has 176 valence electrons. The molecule has 2 atom stereocenters. The smallest absolute Gasteiger partial charge is 0.345 e. The number of anilines is 1. The number of carbonyl (C=O) groups excluding carboxylic acids is 2. The largest absolute Gasteiger partial charge is 0.493 e. The molecule has 0 fully saturated rings. The molecule has 0 radical (unpaired) electrons. The van der Waals surface area contributed by atoms with Crippen LogP contribution in [0.15, 0.2) is 36.4 Å². The van der Waals surface area contributed by atoms with Gasteiger partial charge in [-0.1, -0.05) is 36.2 Å². The molecule has 2 heterocycles. The molecule has 0 unspecified atom stereocenters. The normalized spacial score (nSPS) is 18.9. The summed E-state index contributed by atoms with van der Waals surface area (Å²) in [5.41, 5.74) is 2.93. The van der Waals surface area contributed by atoms with Crippen molar-refractivity contribution in [2.45, 2.75) is 32.4 Å². The Balaban J connectivity index is 1.38. The van der Waals surface area contributed by atoms with Gasteiger partial charge in [0.1, 0.15) is 11.2 Å². The van der Waals surface area contributed by atoms with Crippen molar-refractivity contribution in [1.29, 1.82) is 0 Å². The van der Waals surface area contributed by atoms with Gasteiger partial charge in [0, 0.05) is 9.90 Å². The molecule has 1 aliphatic carbocycles. The van der Waals surface area contributed by atoms with Crippen molar-refractivity contribution in [3.05, 3.63) is 73.6 Å². The molecule has 9 heteroatoms. The molecule has 2 aromatic carbocycles. The summed E-state index contributed by atoms with van der Waals surface area (Å²) in [7, 11) is 1.49. The molecule has 0 saturated carbocycles. The maximum absolute atomic E-state index is 13.0. The van der Waals surface area contributed by atoms with Crippen molar-refractivity contribution >= 4 is 51.4 Å². The fourth-order valence-electron chi connectivity index (χ4n) is 4.39. The summed E-state index contributed by atoms with van der Waals surface area (Å²) < 4.78 is 11.0. The van der Waals surface area contributed by atoms with Gasteiger partial charge in [-0.05, 0) is 66.6 Å². The van der Waals surface area contributed by atoms with E-state index in [1.165, 1.54) is 29.7 Å². The summed E-state index contributed by atoms with van der Waals surface area (Å²) in [6, 6.07) is 9.72. The highest BCUT2D eigenvalue weighted by Gasteiger charge is 2.33. The SMILES string of the molecule is COc1cc([C@@H]2NC(=O)c3c(sc4c3CC[C@H](C)C4)N2)ccc1OC(=O)c1ccc(Cl)cc1Cl. The molecule has 6 nitrogen and oxygen atoms in total. The Morgan fingerprint density at radius 2 is 1.94 bits per heavy atom. The third-order valence-corrected chi connectivity index (χ3v) is 7.90. The summed E-state index contributed by atoms with van der Waals surface area (Å²) in [5.74, 6) is 0.536. The van der Waals surface area contributed by atoms with E-state index in [1.807, 2.05) is 0 Å². The number of methoxy groups -OCH3 is 1. The highest BCUT2D eigenvalue weighted by molar-refractivity contribution is 7.16. The highest BCUT2D eigenvalue weighted by atomic mass is 35.5.